The van der Waals surface area contributed by atoms with Crippen LogP contribution >= 0.6 is 0 Å². The fourth-order valence-electron chi connectivity index (χ4n) is 1.64. The molecule has 8 nitrogen and oxygen atoms in total. The SMILES string of the molecule is N#Cc1cc([N+](=O)[O-])ccc1NC(=O)c1ccc(CN)o1. The van der Waals surface area contributed by atoms with Crippen LogP contribution in [-0.2, 0) is 6.54 Å². The fourth-order valence-corrected chi connectivity index (χ4v) is 1.64. The van der Waals surface area contributed by atoms with Crippen molar-refractivity contribution < 1.29 is 14.1 Å². The molecule has 1 aromatic carbocycles. The van der Waals surface area contributed by atoms with E-state index in [0.29, 0.717) is 5.76 Å². The summed E-state index contributed by atoms with van der Waals surface area (Å²) in [6.07, 6.45) is 0. The Balaban J connectivity index is 2.25. The van der Waals surface area contributed by atoms with Gasteiger partial charge in [0.15, 0.2) is 5.76 Å². The quantitative estimate of drug-likeness (QED) is 0.649. The molecule has 1 heterocycles. The highest BCUT2D eigenvalue weighted by molar-refractivity contribution is 6.03. The Bertz CT molecular complexity index is 745. The maximum Gasteiger partial charge on any atom is 0.291 e. The van der Waals surface area contributed by atoms with Gasteiger partial charge in [-0.05, 0) is 18.2 Å². The molecule has 106 valence electrons. The van der Waals surface area contributed by atoms with Gasteiger partial charge in [-0.3, -0.25) is 14.9 Å². The van der Waals surface area contributed by atoms with Crippen LogP contribution in [0.2, 0.25) is 0 Å². The Kier molecular flexibility index (Phi) is 3.97. The van der Waals surface area contributed by atoms with Gasteiger partial charge in [0, 0.05) is 12.1 Å². The number of furan rings is 1. The number of carbonyl (C=O) groups excluding carboxylic acids is 1. The molecule has 0 aliphatic carbocycles. The zero-order valence-corrected chi connectivity index (χ0v) is 10.7. The maximum atomic E-state index is 11.9. The van der Waals surface area contributed by atoms with Crippen molar-refractivity contribution in [1.82, 2.24) is 0 Å². The number of benzene rings is 1. The normalized spacial score (nSPS) is 9.90. The molecule has 0 unspecified atom stereocenters. The van der Waals surface area contributed by atoms with E-state index in [2.05, 4.69) is 5.32 Å². The van der Waals surface area contributed by atoms with Crippen LogP contribution in [0, 0.1) is 21.4 Å². The van der Waals surface area contributed by atoms with Crippen LogP contribution in [0.15, 0.2) is 34.7 Å². The molecule has 21 heavy (non-hydrogen) atoms. The third kappa shape index (κ3) is 3.05. The van der Waals surface area contributed by atoms with Crippen LogP contribution in [0.4, 0.5) is 11.4 Å². The number of carbonyl (C=O) groups is 1. The molecule has 0 fully saturated rings. The van der Waals surface area contributed by atoms with E-state index in [0.717, 1.165) is 6.07 Å². The number of non-ortho nitro benzene ring substituents is 1. The second kappa shape index (κ2) is 5.85. The van der Waals surface area contributed by atoms with Crippen molar-refractivity contribution in [3.8, 4) is 6.07 Å². The van der Waals surface area contributed by atoms with Crippen molar-refractivity contribution in [2.24, 2.45) is 5.73 Å². The van der Waals surface area contributed by atoms with E-state index in [4.69, 9.17) is 15.4 Å². The van der Waals surface area contributed by atoms with E-state index in [-0.39, 0.29) is 29.2 Å². The smallest absolute Gasteiger partial charge is 0.291 e. The van der Waals surface area contributed by atoms with Gasteiger partial charge in [-0.25, -0.2) is 0 Å². The van der Waals surface area contributed by atoms with Crippen LogP contribution in [0.1, 0.15) is 21.9 Å². The molecule has 1 aromatic heterocycles. The fraction of sp³-hybridized carbons (Fsp3) is 0.0769. The van der Waals surface area contributed by atoms with E-state index >= 15 is 0 Å². The molecule has 0 bridgehead atoms. The first-order valence-electron chi connectivity index (χ1n) is 5.84. The number of nitro groups is 1. The molecule has 0 radical (unpaired) electrons. The molecule has 0 saturated heterocycles. The molecule has 0 aliphatic heterocycles. The maximum absolute atomic E-state index is 11.9. The Morgan fingerprint density at radius 3 is 2.76 bits per heavy atom. The Labute approximate surface area is 118 Å². The van der Waals surface area contributed by atoms with Gasteiger partial charge < -0.3 is 15.5 Å². The zero-order valence-electron chi connectivity index (χ0n) is 10.7. The van der Waals surface area contributed by atoms with Crippen molar-refractivity contribution in [1.29, 1.82) is 5.26 Å². The summed E-state index contributed by atoms with van der Waals surface area (Å²) in [5.74, 6) is -0.0814. The number of anilines is 1. The predicted molar refractivity (Wildman–Crippen MR) is 72.4 cm³/mol. The largest absolute Gasteiger partial charge is 0.455 e. The van der Waals surface area contributed by atoms with Crippen LogP contribution < -0.4 is 11.1 Å². The second-order valence-corrected chi connectivity index (χ2v) is 4.02. The summed E-state index contributed by atoms with van der Waals surface area (Å²) >= 11 is 0. The Morgan fingerprint density at radius 2 is 2.19 bits per heavy atom. The number of rotatable bonds is 4. The number of nitrogens with two attached hydrogens (primary N) is 1. The summed E-state index contributed by atoms with van der Waals surface area (Å²) in [6.45, 7) is 0.161. The van der Waals surface area contributed by atoms with Gasteiger partial charge in [-0.2, -0.15) is 5.26 Å². The van der Waals surface area contributed by atoms with E-state index in [1.807, 2.05) is 0 Å². The van der Waals surface area contributed by atoms with Crippen LogP contribution in [0.25, 0.3) is 0 Å². The minimum atomic E-state index is -0.619. The van der Waals surface area contributed by atoms with Gasteiger partial charge in [0.1, 0.15) is 11.8 Å². The lowest BCUT2D eigenvalue weighted by Gasteiger charge is -2.05. The van der Waals surface area contributed by atoms with Crippen LogP contribution in [0.5, 0.6) is 0 Å². The first-order valence-corrected chi connectivity index (χ1v) is 5.84. The number of nitrogens with one attached hydrogen (secondary N) is 1. The molecule has 2 aromatic rings. The van der Waals surface area contributed by atoms with Crippen LogP contribution in [-0.4, -0.2) is 10.8 Å². The number of hydrogen-bond acceptors (Lipinski definition) is 6. The summed E-state index contributed by atoms with van der Waals surface area (Å²) in [4.78, 5) is 22.0. The molecule has 0 aliphatic rings. The molecule has 0 spiro atoms. The van der Waals surface area contributed by atoms with E-state index in [1.54, 1.807) is 12.1 Å². The summed E-state index contributed by atoms with van der Waals surface area (Å²) < 4.78 is 5.17. The highest BCUT2D eigenvalue weighted by atomic mass is 16.6. The monoisotopic (exact) mass is 286 g/mol. The van der Waals surface area contributed by atoms with Gasteiger partial charge in [-0.1, -0.05) is 0 Å². The number of hydrogen-bond donors (Lipinski definition) is 2. The number of nitro benzene ring substituents is 1. The summed E-state index contributed by atoms with van der Waals surface area (Å²) in [5, 5.41) is 22.1. The van der Waals surface area contributed by atoms with Gasteiger partial charge in [0.25, 0.3) is 11.6 Å². The molecule has 0 atom stereocenters. The standard InChI is InChI=1S/C13H10N4O4/c14-6-8-5-9(17(19)20)1-3-11(8)16-13(18)12-4-2-10(7-15)21-12/h1-5H,7,15H2,(H,16,18). The number of amides is 1. The van der Waals surface area contributed by atoms with Gasteiger partial charge >= 0.3 is 0 Å². The van der Waals surface area contributed by atoms with E-state index < -0.39 is 10.8 Å². The molecule has 8 heteroatoms. The molecule has 3 N–H and O–H groups in total. The second-order valence-electron chi connectivity index (χ2n) is 4.02. The van der Waals surface area contributed by atoms with Crippen LogP contribution in [0.3, 0.4) is 0 Å². The topological polar surface area (TPSA) is 135 Å². The third-order valence-corrected chi connectivity index (χ3v) is 2.67. The highest BCUT2D eigenvalue weighted by Gasteiger charge is 2.15. The molecule has 2 rings (SSSR count). The van der Waals surface area contributed by atoms with E-state index in [1.165, 1.54) is 18.2 Å². The minimum absolute atomic E-state index is 0.0110. The third-order valence-electron chi connectivity index (χ3n) is 2.67. The van der Waals surface area contributed by atoms with Crippen molar-refractivity contribution in [2.75, 3.05) is 5.32 Å². The molecule has 1 amide bonds. The van der Waals surface area contributed by atoms with Gasteiger partial charge in [-0.15, -0.1) is 0 Å². The first kappa shape index (κ1) is 14.2. The first-order chi connectivity index (χ1) is 10.0. The molecular weight excluding hydrogens is 276 g/mol. The highest BCUT2D eigenvalue weighted by Crippen LogP contribution is 2.22. The lowest BCUT2D eigenvalue weighted by atomic mass is 10.1. The van der Waals surface area contributed by atoms with Crippen molar-refractivity contribution in [3.63, 3.8) is 0 Å². The summed E-state index contributed by atoms with van der Waals surface area (Å²) in [6, 6.07) is 8.39. The van der Waals surface area contributed by atoms with Crippen molar-refractivity contribution in [2.45, 2.75) is 6.54 Å². The Hall–Kier alpha value is -3.18. The van der Waals surface area contributed by atoms with Crippen molar-refractivity contribution in [3.05, 3.63) is 57.5 Å². The number of nitrogens with zero attached hydrogens (tertiary/aromatic N) is 2. The molecular formula is C13H10N4O4. The lowest BCUT2D eigenvalue weighted by Crippen LogP contribution is -2.12. The summed E-state index contributed by atoms with van der Waals surface area (Å²) in [5.41, 5.74) is 5.30. The Morgan fingerprint density at radius 1 is 1.43 bits per heavy atom. The average Bonchev–Trinajstić information content (AvgIpc) is 2.96. The average molecular weight is 286 g/mol. The van der Waals surface area contributed by atoms with Crippen molar-refractivity contribution >= 4 is 17.3 Å². The number of nitriles is 1. The lowest BCUT2D eigenvalue weighted by molar-refractivity contribution is -0.384. The van der Waals surface area contributed by atoms with Gasteiger partial charge in [0.2, 0.25) is 0 Å². The van der Waals surface area contributed by atoms with E-state index in [9.17, 15) is 14.9 Å². The minimum Gasteiger partial charge on any atom is -0.455 e. The predicted octanol–water partition coefficient (Wildman–Crippen LogP) is 1.77. The zero-order chi connectivity index (χ0) is 15.4. The summed E-state index contributed by atoms with van der Waals surface area (Å²) in [7, 11) is 0. The van der Waals surface area contributed by atoms with Gasteiger partial charge in [0.05, 0.1) is 22.7 Å². The molecule has 0 saturated carbocycles.